The molecule has 3 heterocycles. The van der Waals surface area contributed by atoms with Crippen molar-refractivity contribution < 1.29 is 4.79 Å². The number of rotatable bonds is 7. The van der Waals surface area contributed by atoms with Gasteiger partial charge in [-0.25, -0.2) is 9.97 Å². The lowest BCUT2D eigenvalue weighted by Crippen LogP contribution is -2.44. The van der Waals surface area contributed by atoms with Crippen molar-refractivity contribution in [1.29, 1.82) is 0 Å². The molecule has 9 heteroatoms. The molecule has 1 saturated heterocycles. The molecule has 0 radical (unpaired) electrons. The van der Waals surface area contributed by atoms with Crippen LogP contribution in [0.4, 0.5) is 11.5 Å². The van der Waals surface area contributed by atoms with E-state index < -0.39 is 0 Å². The lowest BCUT2D eigenvalue weighted by atomic mass is 10.1. The Labute approximate surface area is 188 Å². The maximum absolute atomic E-state index is 12.3. The molecule has 0 atom stereocenters. The van der Waals surface area contributed by atoms with Gasteiger partial charge < -0.3 is 25.3 Å². The average molecular weight is 444 g/mol. The van der Waals surface area contributed by atoms with Gasteiger partial charge in [-0.2, -0.15) is 0 Å². The number of hydrogen-bond donors (Lipinski definition) is 2. The predicted molar refractivity (Wildman–Crippen MR) is 125 cm³/mol. The Morgan fingerprint density at radius 3 is 2.52 bits per heavy atom. The summed E-state index contributed by atoms with van der Waals surface area (Å²) in [6.45, 7) is 6.54. The van der Waals surface area contributed by atoms with Crippen molar-refractivity contribution in [3.8, 4) is 11.4 Å². The second-order valence-corrected chi connectivity index (χ2v) is 8.46. The number of nitrogens with one attached hydrogen (secondary N) is 2. The molecular weight excluding hydrogens is 414 g/mol. The van der Waals surface area contributed by atoms with Crippen molar-refractivity contribution in [1.82, 2.24) is 25.5 Å². The first kappa shape index (κ1) is 21.8. The Kier molecular flexibility index (Phi) is 6.89. The van der Waals surface area contributed by atoms with Crippen molar-refractivity contribution in [2.24, 2.45) is 0 Å². The summed E-state index contributed by atoms with van der Waals surface area (Å²) in [6, 6.07) is 8.35. The minimum atomic E-state index is -0.0177. The van der Waals surface area contributed by atoms with Gasteiger partial charge in [0.2, 0.25) is 5.91 Å². The molecule has 1 aromatic heterocycles. The molecule has 1 fully saturated rings. The SMILES string of the molecule is CNCCNC(=O)CN1CCc2c(Cl)nc(-c3ccc(N4CCN(C)CC4)cc3)nc21. The van der Waals surface area contributed by atoms with E-state index >= 15 is 0 Å². The van der Waals surface area contributed by atoms with Crippen LogP contribution < -0.4 is 20.4 Å². The average Bonchev–Trinajstić information content (AvgIpc) is 3.18. The fourth-order valence-electron chi connectivity index (χ4n) is 4.00. The van der Waals surface area contributed by atoms with E-state index in [1.165, 1.54) is 5.69 Å². The first-order chi connectivity index (χ1) is 15.0. The minimum absolute atomic E-state index is 0.0177. The Morgan fingerprint density at radius 2 is 1.81 bits per heavy atom. The van der Waals surface area contributed by atoms with E-state index in [-0.39, 0.29) is 12.5 Å². The molecule has 0 aliphatic carbocycles. The normalized spacial score (nSPS) is 16.5. The summed E-state index contributed by atoms with van der Waals surface area (Å²) in [6.07, 6.45) is 0.751. The molecule has 4 rings (SSSR count). The number of aromatic nitrogens is 2. The molecule has 0 saturated carbocycles. The first-order valence-electron chi connectivity index (χ1n) is 10.8. The van der Waals surface area contributed by atoms with Crippen LogP contribution in [0, 0.1) is 0 Å². The van der Waals surface area contributed by atoms with Crippen molar-refractivity contribution in [3.63, 3.8) is 0 Å². The fraction of sp³-hybridized carbons (Fsp3) is 0.500. The molecule has 2 aromatic rings. The van der Waals surface area contributed by atoms with Crippen molar-refractivity contribution in [3.05, 3.63) is 35.0 Å². The van der Waals surface area contributed by atoms with Gasteiger partial charge in [-0.05, 0) is 44.8 Å². The predicted octanol–water partition coefficient (Wildman–Crippen LogP) is 1.25. The third-order valence-electron chi connectivity index (χ3n) is 5.89. The summed E-state index contributed by atoms with van der Waals surface area (Å²) < 4.78 is 0. The van der Waals surface area contributed by atoms with Crippen LogP contribution in [0.1, 0.15) is 5.56 Å². The first-order valence-corrected chi connectivity index (χ1v) is 11.2. The zero-order valence-electron chi connectivity index (χ0n) is 18.2. The van der Waals surface area contributed by atoms with Crippen LogP contribution in [0.2, 0.25) is 5.15 Å². The van der Waals surface area contributed by atoms with Gasteiger partial charge in [-0.1, -0.05) is 11.6 Å². The number of piperazine rings is 1. The van der Waals surface area contributed by atoms with Crippen LogP contribution in [0.25, 0.3) is 11.4 Å². The van der Waals surface area contributed by atoms with Crippen LogP contribution in [0.15, 0.2) is 24.3 Å². The molecule has 0 bridgehead atoms. The molecule has 0 spiro atoms. The zero-order valence-corrected chi connectivity index (χ0v) is 19.0. The third kappa shape index (κ3) is 5.08. The third-order valence-corrected chi connectivity index (χ3v) is 6.20. The number of fused-ring (bicyclic) bond motifs is 1. The van der Waals surface area contributed by atoms with E-state index in [9.17, 15) is 4.79 Å². The number of likely N-dealkylation sites (N-methyl/N-ethyl adjacent to an activating group) is 2. The molecule has 2 aliphatic rings. The second-order valence-electron chi connectivity index (χ2n) is 8.10. The number of carbonyl (C=O) groups is 1. The van der Waals surface area contributed by atoms with Crippen LogP contribution in [-0.4, -0.2) is 87.2 Å². The molecule has 0 unspecified atom stereocenters. The summed E-state index contributed by atoms with van der Waals surface area (Å²) in [5, 5.41) is 6.41. The summed E-state index contributed by atoms with van der Waals surface area (Å²) in [5.41, 5.74) is 3.05. The highest BCUT2D eigenvalue weighted by Gasteiger charge is 2.27. The number of amides is 1. The summed E-state index contributed by atoms with van der Waals surface area (Å²) in [7, 11) is 4.02. The van der Waals surface area contributed by atoms with E-state index in [4.69, 9.17) is 16.6 Å². The van der Waals surface area contributed by atoms with Gasteiger partial charge in [-0.15, -0.1) is 0 Å². The molecule has 2 N–H and O–H groups in total. The van der Waals surface area contributed by atoms with E-state index in [1.54, 1.807) is 0 Å². The smallest absolute Gasteiger partial charge is 0.239 e. The van der Waals surface area contributed by atoms with Gasteiger partial charge in [0.1, 0.15) is 11.0 Å². The van der Waals surface area contributed by atoms with E-state index in [2.05, 4.69) is 56.7 Å². The fourth-order valence-corrected chi connectivity index (χ4v) is 4.26. The van der Waals surface area contributed by atoms with E-state index in [1.807, 2.05) is 11.9 Å². The van der Waals surface area contributed by atoms with E-state index in [0.717, 1.165) is 62.6 Å². The summed E-state index contributed by atoms with van der Waals surface area (Å²) in [5.74, 6) is 1.34. The highest BCUT2D eigenvalue weighted by Crippen LogP contribution is 2.33. The number of nitrogens with zero attached hydrogens (tertiary/aromatic N) is 5. The summed E-state index contributed by atoms with van der Waals surface area (Å²) in [4.78, 5) is 28.3. The van der Waals surface area contributed by atoms with Gasteiger partial charge in [0.15, 0.2) is 5.82 Å². The number of benzene rings is 1. The lowest BCUT2D eigenvalue weighted by molar-refractivity contribution is -0.119. The maximum Gasteiger partial charge on any atom is 0.239 e. The van der Waals surface area contributed by atoms with Gasteiger partial charge in [0, 0.05) is 62.6 Å². The van der Waals surface area contributed by atoms with Gasteiger partial charge in [-0.3, -0.25) is 4.79 Å². The Morgan fingerprint density at radius 1 is 1.06 bits per heavy atom. The van der Waals surface area contributed by atoms with Gasteiger partial charge >= 0.3 is 0 Å². The Balaban J connectivity index is 1.49. The molecule has 1 aromatic carbocycles. The van der Waals surface area contributed by atoms with Crippen molar-refractivity contribution >= 4 is 29.0 Å². The standard InChI is InChI=1S/C22H30ClN7O/c1-24-8-9-25-19(31)15-30-10-7-18-20(23)26-21(27-22(18)30)16-3-5-17(6-4-16)29-13-11-28(2)12-14-29/h3-6,24H,7-15H2,1-2H3,(H,25,31). The Hall–Kier alpha value is -2.42. The monoisotopic (exact) mass is 443 g/mol. The quantitative estimate of drug-likeness (QED) is 0.492. The molecule has 1 amide bonds. The van der Waals surface area contributed by atoms with Crippen LogP contribution >= 0.6 is 11.6 Å². The Bertz CT molecular complexity index is 913. The molecule has 2 aliphatic heterocycles. The number of carbonyl (C=O) groups excluding carboxylic acids is 1. The molecule has 8 nitrogen and oxygen atoms in total. The molecular formula is C22H30ClN7O. The minimum Gasteiger partial charge on any atom is -0.369 e. The summed E-state index contributed by atoms with van der Waals surface area (Å²) >= 11 is 6.50. The highest BCUT2D eigenvalue weighted by molar-refractivity contribution is 6.30. The molecule has 166 valence electrons. The molecule has 31 heavy (non-hydrogen) atoms. The van der Waals surface area contributed by atoms with Crippen molar-refractivity contribution in [2.45, 2.75) is 6.42 Å². The highest BCUT2D eigenvalue weighted by atomic mass is 35.5. The number of anilines is 2. The number of hydrogen-bond acceptors (Lipinski definition) is 7. The zero-order chi connectivity index (χ0) is 21.8. The maximum atomic E-state index is 12.3. The lowest BCUT2D eigenvalue weighted by Gasteiger charge is -2.34. The number of halogens is 1. The van der Waals surface area contributed by atoms with E-state index in [0.29, 0.717) is 17.5 Å². The largest absolute Gasteiger partial charge is 0.369 e. The van der Waals surface area contributed by atoms with Crippen LogP contribution in [0.5, 0.6) is 0 Å². The van der Waals surface area contributed by atoms with Crippen LogP contribution in [0.3, 0.4) is 0 Å². The van der Waals surface area contributed by atoms with Crippen molar-refractivity contribution in [2.75, 3.05) is 76.3 Å². The topological polar surface area (TPSA) is 76.6 Å². The van der Waals surface area contributed by atoms with Gasteiger partial charge in [0.05, 0.1) is 6.54 Å². The van der Waals surface area contributed by atoms with Crippen LogP contribution in [-0.2, 0) is 11.2 Å². The van der Waals surface area contributed by atoms with Gasteiger partial charge in [0.25, 0.3) is 0 Å². The second kappa shape index (κ2) is 9.80.